The van der Waals surface area contributed by atoms with E-state index in [-0.39, 0.29) is 35.9 Å². The Hall–Kier alpha value is -4.83. The molecule has 2 bridgehead atoms. The minimum Gasteiger partial charge on any atom is -0.494 e. The number of hydrogen-bond acceptors (Lipinski definition) is 14. The smallest absolute Gasteiger partial charge is 0.343 e. The second-order valence-electron chi connectivity index (χ2n) is 17.9. The summed E-state index contributed by atoms with van der Waals surface area (Å²) >= 11 is 0. The van der Waals surface area contributed by atoms with Crippen molar-refractivity contribution in [3.8, 4) is 23.0 Å². The van der Waals surface area contributed by atoms with Crippen LogP contribution in [-0.4, -0.2) is 110 Å². The van der Waals surface area contributed by atoms with Crippen molar-refractivity contribution >= 4 is 17.9 Å². The molecule has 14 nitrogen and oxygen atoms in total. The van der Waals surface area contributed by atoms with Crippen molar-refractivity contribution < 1.29 is 66.5 Å². The Morgan fingerprint density at radius 2 is 0.887 bits per heavy atom. The van der Waals surface area contributed by atoms with Gasteiger partial charge in [-0.25, -0.2) is 9.59 Å². The second kappa shape index (κ2) is 35.3. The summed E-state index contributed by atoms with van der Waals surface area (Å²) in [6.45, 7) is 12.8. The molecule has 3 aromatic carbocycles. The Kier molecular flexibility index (Phi) is 28.4. The molecule has 3 aromatic rings. The summed E-state index contributed by atoms with van der Waals surface area (Å²) in [5, 5.41) is 0. The molecular formula is C57H80O14. The van der Waals surface area contributed by atoms with Gasteiger partial charge in [0.15, 0.2) is 0 Å². The topological polar surface area (TPSA) is 153 Å². The zero-order chi connectivity index (χ0) is 50.0. The second-order valence-corrected chi connectivity index (χ2v) is 17.9. The number of hydrogen-bond donors (Lipinski definition) is 0. The van der Waals surface area contributed by atoms with E-state index in [2.05, 4.69) is 12.2 Å². The Morgan fingerprint density at radius 3 is 1.35 bits per heavy atom. The fourth-order valence-corrected chi connectivity index (χ4v) is 8.41. The Morgan fingerprint density at radius 1 is 0.451 bits per heavy atom. The van der Waals surface area contributed by atoms with Crippen molar-refractivity contribution in [1.29, 1.82) is 0 Å². The van der Waals surface area contributed by atoms with Crippen LogP contribution < -0.4 is 18.9 Å². The Labute approximate surface area is 422 Å². The summed E-state index contributed by atoms with van der Waals surface area (Å²) in [4.78, 5) is 39.9. The van der Waals surface area contributed by atoms with Crippen LogP contribution in [0.3, 0.4) is 0 Å². The number of benzene rings is 3. The highest BCUT2D eigenvalue weighted by molar-refractivity contribution is 5.92. The van der Waals surface area contributed by atoms with Crippen LogP contribution in [0.5, 0.6) is 23.0 Å². The molecule has 71 heavy (non-hydrogen) atoms. The third kappa shape index (κ3) is 23.1. The molecule has 1 saturated carbocycles. The van der Waals surface area contributed by atoms with Gasteiger partial charge in [0.05, 0.1) is 83.1 Å². The molecule has 0 N–H and O–H groups in total. The Balaban J connectivity index is 0.997. The van der Waals surface area contributed by atoms with E-state index in [1.165, 1.54) is 0 Å². The molecule has 1 fully saturated rings. The van der Waals surface area contributed by atoms with E-state index in [4.69, 9.17) is 52.1 Å². The van der Waals surface area contributed by atoms with Crippen LogP contribution in [0.15, 0.2) is 78.9 Å². The summed E-state index contributed by atoms with van der Waals surface area (Å²) in [5.74, 6) is 0.668. The molecule has 0 aromatic heterocycles. The van der Waals surface area contributed by atoms with Gasteiger partial charge in [-0.3, -0.25) is 4.79 Å². The number of esters is 3. The summed E-state index contributed by atoms with van der Waals surface area (Å²) in [6, 6.07) is 18.3. The first-order valence-corrected chi connectivity index (χ1v) is 26.3. The van der Waals surface area contributed by atoms with Gasteiger partial charge in [0, 0.05) is 32.0 Å². The van der Waals surface area contributed by atoms with E-state index in [1.54, 1.807) is 66.7 Å². The maximum Gasteiger partial charge on any atom is 0.343 e. The number of unbranched alkanes of at least 4 members (excludes halogenated alkanes) is 10. The number of ether oxygens (including phenoxy) is 11. The molecule has 0 heterocycles. The first-order chi connectivity index (χ1) is 34.9. The predicted octanol–water partition coefficient (Wildman–Crippen LogP) is 11.0. The summed E-state index contributed by atoms with van der Waals surface area (Å²) in [5.41, 5.74) is 1.06. The molecule has 0 amide bonds. The van der Waals surface area contributed by atoms with Crippen molar-refractivity contribution in [1.82, 2.24) is 0 Å². The first kappa shape index (κ1) is 57.1. The predicted molar refractivity (Wildman–Crippen MR) is 271 cm³/mol. The normalized spacial score (nSPS) is 15.8. The first-order valence-electron chi connectivity index (χ1n) is 26.3. The van der Waals surface area contributed by atoms with Crippen molar-refractivity contribution in [2.24, 2.45) is 17.8 Å². The maximum absolute atomic E-state index is 13.4. The molecule has 0 radical (unpaired) electrons. The van der Waals surface area contributed by atoms with Crippen LogP contribution in [0.2, 0.25) is 0 Å². The molecule has 0 aliphatic heterocycles. The van der Waals surface area contributed by atoms with Crippen LogP contribution in [0, 0.1) is 17.8 Å². The minimum absolute atomic E-state index is 0.162. The van der Waals surface area contributed by atoms with Gasteiger partial charge in [-0.05, 0) is 131 Å². The maximum atomic E-state index is 13.4. The van der Waals surface area contributed by atoms with E-state index in [0.717, 1.165) is 103 Å². The molecule has 3 unspecified atom stereocenters. The highest BCUT2D eigenvalue weighted by Gasteiger charge is 2.40. The van der Waals surface area contributed by atoms with Crippen molar-refractivity contribution in [3.63, 3.8) is 0 Å². The number of allylic oxidation sites excluding steroid dienone is 2. The zero-order valence-electron chi connectivity index (χ0n) is 42.5. The molecule has 0 spiro atoms. The van der Waals surface area contributed by atoms with Gasteiger partial charge < -0.3 is 52.1 Å². The van der Waals surface area contributed by atoms with E-state index in [1.807, 2.05) is 13.8 Å². The SMILES string of the molecule is CCOCCOCCOCCCCCCCCOc1ccc(C(=O)Oc2ccc(OC(=O)c3ccc(OCCCCCCCCOCCOCCOCC)cc3)c(COC(=O)C3CC4C=CC3C4)c2)cc1. The molecule has 0 saturated heterocycles. The lowest BCUT2D eigenvalue weighted by Gasteiger charge is -2.18. The standard InChI is InChI=1S/C57H80O14/c1-3-61-33-35-65-39-37-63-29-13-9-5-7-11-15-31-67-50-23-19-46(20-24-50)55(58)70-52-27-28-54(49(43-52)44-69-57(60)53-42-45-17-18-48(53)41-45)71-56(59)47-21-25-51(26-22-47)68-32-16-12-8-6-10-14-30-64-38-40-66-36-34-62-4-2/h17-28,43,45,48,53H,3-16,29-42,44H2,1-2H3. The number of carbonyl (C=O) groups is 3. The van der Waals surface area contributed by atoms with E-state index >= 15 is 0 Å². The van der Waals surface area contributed by atoms with Gasteiger partial charge in [0.1, 0.15) is 29.6 Å². The fraction of sp³-hybridized carbons (Fsp3) is 0.596. The molecular weight excluding hydrogens is 909 g/mol. The lowest BCUT2D eigenvalue weighted by molar-refractivity contribution is -0.150. The fourth-order valence-electron chi connectivity index (χ4n) is 8.41. The average molecular weight is 989 g/mol. The van der Waals surface area contributed by atoms with E-state index in [0.29, 0.717) is 113 Å². The van der Waals surface area contributed by atoms with Gasteiger partial charge in [-0.2, -0.15) is 0 Å². The summed E-state index contributed by atoms with van der Waals surface area (Å²) in [7, 11) is 0. The monoisotopic (exact) mass is 989 g/mol. The van der Waals surface area contributed by atoms with E-state index in [9.17, 15) is 14.4 Å². The molecule has 2 aliphatic carbocycles. The lowest BCUT2D eigenvalue weighted by atomic mass is 9.94. The number of fused-ring (bicyclic) bond motifs is 2. The molecule has 3 atom stereocenters. The highest BCUT2D eigenvalue weighted by atomic mass is 16.6. The van der Waals surface area contributed by atoms with Gasteiger partial charge in [0.25, 0.3) is 0 Å². The minimum atomic E-state index is -0.588. The van der Waals surface area contributed by atoms with Crippen molar-refractivity contribution in [2.45, 2.75) is 110 Å². The lowest BCUT2D eigenvalue weighted by Crippen LogP contribution is -2.21. The average Bonchev–Trinajstić information content (AvgIpc) is 4.04. The molecule has 2 aliphatic rings. The Bertz CT molecular complexity index is 1950. The third-order valence-electron chi connectivity index (χ3n) is 12.4. The molecule has 14 heteroatoms. The van der Waals surface area contributed by atoms with Crippen LogP contribution >= 0.6 is 0 Å². The highest BCUT2D eigenvalue weighted by Crippen LogP contribution is 2.44. The third-order valence-corrected chi connectivity index (χ3v) is 12.4. The van der Waals surface area contributed by atoms with Crippen LogP contribution in [0.4, 0.5) is 0 Å². The summed E-state index contributed by atoms with van der Waals surface area (Å²) < 4.78 is 62.0. The van der Waals surface area contributed by atoms with Crippen LogP contribution in [0.1, 0.15) is 130 Å². The van der Waals surface area contributed by atoms with E-state index < -0.39 is 11.9 Å². The zero-order valence-corrected chi connectivity index (χ0v) is 42.5. The van der Waals surface area contributed by atoms with Gasteiger partial charge in [0.2, 0.25) is 0 Å². The number of rotatable bonds is 41. The van der Waals surface area contributed by atoms with Crippen molar-refractivity contribution in [3.05, 3.63) is 95.6 Å². The van der Waals surface area contributed by atoms with Gasteiger partial charge in [-0.1, -0.05) is 63.5 Å². The van der Waals surface area contributed by atoms with Gasteiger partial charge in [-0.15, -0.1) is 0 Å². The number of carbonyl (C=O) groups excluding carboxylic acids is 3. The van der Waals surface area contributed by atoms with Crippen LogP contribution in [0.25, 0.3) is 0 Å². The van der Waals surface area contributed by atoms with Crippen molar-refractivity contribution in [2.75, 3.05) is 92.5 Å². The largest absolute Gasteiger partial charge is 0.494 e. The molecule has 392 valence electrons. The summed E-state index contributed by atoms with van der Waals surface area (Å²) in [6.07, 6.45) is 19.0. The quantitative estimate of drug-likeness (QED) is 0.0229. The van der Waals surface area contributed by atoms with Gasteiger partial charge >= 0.3 is 17.9 Å². The molecule has 5 rings (SSSR count). The van der Waals surface area contributed by atoms with Crippen LogP contribution in [-0.2, 0) is 44.6 Å².